The summed E-state index contributed by atoms with van der Waals surface area (Å²) in [5.41, 5.74) is 3.38. The average molecular weight is 408 g/mol. The molecule has 0 aromatic heterocycles. The first-order chi connectivity index (χ1) is 14.7. The Balaban J connectivity index is 1.70. The van der Waals surface area contributed by atoms with Gasteiger partial charge in [0.1, 0.15) is 7.14 Å². The summed E-state index contributed by atoms with van der Waals surface area (Å²) in [6, 6.07) is 35.3. The topological polar surface area (TPSA) is 17.1 Å². The van der Waals surface area contributed by atoms with Crippen molar-refractivity contribution in [2.45, 2.75) is 24.2 Å². The van der Waals surface area contributed by atoms with Gasteiger partial charge >= 0.3 is 0 Å². The van der Waals surface area contributed by atoms with Crippen LogP contribution in [0.25, 0.3) is 16.1 Å². The van der Waals surface area contributed by atoms with E-state index in [9.17, 15) is 0 Å². The molecule has 0 amide bonds. The minimum absolute atomic E-state index is 0.00961. The van der Waals surface area contributed by atoms with Gasteiger partial charge in [-0.1, -0.05) is 110 Å². The fourth-order valence-electron chi connectivity index (χ4n) is 5.08. The lowest BCUT2D eigenvalue weighted by molar-refractivity contribution is 0.574. The maximum atomic E-state index is 15.1. The van der Waals surface area contributed by atoms with Gasteiger partial charge in [-0.25, -0.2) is 0 Å². The van der Waals surface area contributed by atoms with Crippen molar-refractivity contribution >= 4 is 23.2 Å². The van der Waals surface area contributed by atoms with Gasteiger partial charge in [0.05, 0.1) is 0 Å². The Morgan fingerprint density at radius 2 is 1.17 bits per heavy atom. The number of hydrogen-bond donors (Lipinski definition) is 0. The van der Waals surface area contributed by atoms with E-state index in [1.54, 1.807) is 0 Å². The Kier molecular flexibility index (Phi) is 4.93. The largest absolute Gasteiger partial charge is 0.317 e. The van der Waals surface area contributed by atoms with Gasteiger partial charge in [-0.05, 0) is 40.3 Å². The minimum atomic E-state index is -2.85. The molecule has 1 heterocycles. The smallest absolute Gasteiger partial charge is 0.129 e. The van der Waals surface area contributed by atoms with Crippen LogP contribution in [0.1, 0.15) is 40.8 Å². The van der Waals surface area contributed by atoms with E-state index >= 15 is 4.57 Å². The molecule has 1 saturated heterocycles. The van der Waals surface area contributed by atoms with E-state index in [0.29, 0.717) is 0 Å². The Morgan fingerprint density at radius 3 is 1.77 bits per heavy atom. The molecule has 0 radical (unpaired) electrons. The third-order valence-electron chi connectivity index (χ3n) is 6.53. The number of fused-ring (bicyclic) bond motifs is 1. The van der Waals surface area contributed by atoms with E-state index in [-0.39, 0.29) is 11.3 Å². The molecular formula is C28H25OP. The first-order valence-corrected chi connectivity index (χ1v) is 12.4. The normalized spacial score (nSPS) is 20.3. The van der Waals surface area contributed by atoms with Crippen molar-refractivity contribution in [3.8, 4) is 0 Å². The SMILES string of the molecule is C=C(c1cccc2ccccc12)P1(=O)[C@@H](c2ccccc2)CC[C@@H]1c1ccccc1. The Morgan fingerprint density at radius 1 is 0.667 bits per heavy atom. The highest BCUT2D eigenvalue weighted by Crippen LogP contribution is 2.82. The molecule has 0 saturated carbocycles. The highest BCUT2D eigenvalue weighted by Gasteiger charge is 2.49. The van der Waals surface area contributed by atoms with Crippen LogP contribution in [-0.4, -0.2) is 0 Å². The van der Waals surface area contributed by atoms with Crippen LogP contribution in [0.3, 0.4) is 0 Å². The van der Waals surface area contributed by atoms with Gasteiger partial charge in [0.25, 0.3) is 0 Å². The zero-order chi connectivity index (χ0) is 20.6. The number of hydrogen-bond acceptors (Lipinski definition) is 1. The van der Waals surface area contributed by atoms with E-state index in [1.807, 2.05) is 24.3 Å². The second kappa shape index (κ2) is 7.74. The summed E-state index contributed by atoms with van der Waals surface area (Å²) >= 11 is 0. The molecule has 4 aromatic rings. The highest BCUT2D eigenvalue weighted by atomic mass is 31.2. The fraction of sp³-hybridized carbons (Fsp3) is 0.143. The van der Waals surface area contributed by atoms with E-state index in [2.05, 4.69) is 85.4 Å². The maximum absolute atomic E-state index is 15.1. The molecule has 2 heteroatoms. The predicted molar refractivity (Wildman–Crippen MR) is 128 cm³/mol. The van der Waals surface area contributed by atoms with Crippen LogP contribution in [0.2, 0.25) is 0 Å². The minimum Gasteiger partial charge on any atom is -0.317 e. The summed E-state index contributed by atoms with van der Waals surface area (Å²) in [6.07, 6.45) is 1.84. The molecule has 1 aliphatic rings. The molecular weight excluding hydrogens is 383 g/mol. The van der Waals surface area contributed by atoms with Gasteiger partial charge in [-0.15, -0.1) is 0 Å². The van der Waals surface area contributed by atoms with Crippen LogP contribution >= 0.6 is 7.14 Å². The lowest BCUT2D eigenvalue weighted by Gasteiger charge is -2.29. The van der Waals surface area contributed by atoms with Crippen molar-refractivity contribution < 1.29 is 4.57 Å². The van der Waals surface area contributed by atoms with E-state index in [4.69, 9.17) is 0 Å². The van der Waals surface area contributed by atoms with Crippen LogP contribution in [0.5, 0.6) is 0 Å². The summed E-state index contributed by atoms with van der Waals surface area (Å²) in [7, 11) is -2.85. The number of rotatable bonds is 4. The average Bonchev–Trinajstić information content (AvgIpc) is 3.17. The Hall–Kier alpha value is -2.89. The van der Waals surface area contributed by atoms with Gasteiger partial charge in [-0.2, -0.15) is 0 Å². The van der Waals surface area contributed by atoms with Crippen molar-refractivity contribution in [1.82, 2.24) is 0 Å². The quantitative estimate of drug-likeness (QED) is 0.310. The van der Waals surface area contributed by atoms with Crippen molar-refractivity contribution in [3.63, 3.8) is 0 Å². The van der Waals surface area contributed by atoms with Crippen LogP contribution in [0, 0.1) is 0 Å². The van der Waals surface area contributed by atoms with Crippen LogP contribution in [0.15, 0.2) is 110 Å². The van der Waals surface area contributed by atoms with Crippen LogP contribution in [0.4, 0.5) is 0 Å². The zero-order valence-electron chi connectivity index (χ0n) is 16.9. The summed E-state index contributed by atoms with van der Waals surface area (Å²) in [4.78, 5) is 0. The maximum Gasteiger partial charge on any atom is 0.129 e. The molecule has 2 atom stereocenters. The summed E-state index contributed by atoms with van der Waals surface area (Å²) in [6.45, 7) is 4.52. The molecule has 0 bridgehead atoms. The van der Waals surface area contributed by atoms with Crippen molar-refractivity contribution in [2.24, 2.45) is 0 Å². The highest BCUT2D eigenvalue weighted by molar-refractivity contribution is 7.75. The van der Waals surface area contributed by atoms with Crippen LogP contribution in [-0.2, 0) is 4.57 Å². The summed E-state index contributed by atoms with van der Waals surface area (Å²) < 4.78 is 15.1. The monoisotopic (exact) mass is 408 g/mol. The molecule has 0 N–H and O–H groups in total. The second-order valence-corrected chi connectivity index (χ2v) is 11.3. The van der Waals surface area contributed by atoms with Crippen molar-refractivity contribution in [2.75, 3.05) is 0 Å². The second-order valence-electron chi connectivity index (χ2n) is 8.11. The molecule has 0 unspecified atom stereocenters. The molecule has 1 nitrogen and oxygen atoms in total. The standard InChI is InChI=1S/C28H25OP/c1-21(25-18-10-16-22-11-8-9-17-26(22)25)30(29)27(23-12-4-2-5-13-23)19-20-28(30)24-14-6-3-7-15-24/h2-18,27-28H,1,19-20H2/t27-,28-/m1/s1. The molecule has 4 aromatic carbocycles. The molecule has 1 aliphatic heterocycles. The summed E-state index contributed by atoms with van der Waals surface area (Å²) in [5.74, 6) is 0. The molecule has 148 valence electrons. The number of benzene rings is 4. The lowest BCUT2D eigenvalue weighted by Crippen LogP contribution is -2.01. The predicted octanol–water partition coefficient (Wildman–Crippen LogP) is 8.45. The van der Waals surface area contributed by atoms with Gasteiger partial charge in [0.2, 0.25) is 0 Å². The van der Waals surface area contributed by atoms with Gasteiger partial charge < -0.3 is 4.57 Å². The lowest BCUT2D eigenvalue weighted by atomic mass is 10.0. The van der Waals surface area contributed by atoms with E-state index in [0.717, 1.165) is 34.5 Å². The molecule has 1 fully saturated rings. The molecule has 0 aliphatic carbocycles. The third-order valence-corrected chi connectivity index (χ3v) is 10.6. The van der Waals surface area contributed by atoms with Crippen molar-refractivity contribution in [1.29, 1.82) is 0 Å². The molecule has 0 spiro atoms. The first kappa shape index (κ1) is 19.1. The summed E-state index contributed by atoms with van der Waals surface area (Å²) in [5, 5.41) is 3.11. The molecule has 5 rings (SSSR count). The Bertz CT molecular complexity index is 1190. The van der Waals surface area contributed by atoms with Crippen molar-refractivity contribution in [3.05, 3.63) is 126 Å². The molecule has 30 heavy (non-hydrogen) atoms. The van der Waals surface area contributed by atoms with E-state index < -0.39 is 7.14 Å². The zero-order valence-corrected chi connectivity index (χ0v) is 17.8. The van der Waals surface area contributed by atoms with Gasteiger partial charge in [0, 0.05) is 16.6 Å². The van der Waals surface area contributed by atoms with Gasteiger partial charge in [0.15, 0.2) is 0 Å². The van der Waals surface area contributed by atoms with Crippen LogP contribution < -0.4 is 0 Å². The fourth-order valence-corrected chi connectivity index (χ4v) is 9.14. The van der Waals surface area contributed by atoms with E-state index in [1.165, 1.54) is 11.1 Å². The Labute approximate surface area is 178 Å². The van der Waals surface area contributed by atoms with Gasteiger partial charge in [-0.3, -0.25) is 0 Å². The first-order valence-electron chi connectivity index (χ1n) is 10.6. The third kappa shape index (κ3) is 3.06.